The van der Waals surface area contributed by atoms with E-state index in [0.717, 1.165) is 5.56 Å². The Morgan fingerprint density at radius 2 is 1.82 bits per heavy atom. The van der Waals surface area contributed by atoms with Gasteiger partial charge in [0, 0.05) is 11.6 Å². The second kappa shape index (κ2) is 3.81. The lowest BCUT2D eigenvalue weighted by Crippen LogP contribution is -2.27. The van der Waals surface area contributed by atoms with E-state index in [9.17, 15) is 4.79 Å². The molecule has 0 atom stereocenters. The number of amides is 1. The van der Waals surface area contributed by atoms with Crippen LogP contribution in [0.5, 0.6) is 11.5 Å². The van der Waals surface area contributed by atoms with Crippen LogP contribution in [-0.4, -0.2) is 20.1 Å². The fourth-order valence-electron chi connectivity index (χ4n) is 2.01. The molecule has 17 heavy (non-hydrogen) atoms. The minimum atomic E-state index is -0.686. The molecule has 0 radical (unpaired) electrons. The number of ether oxygens (including phenoxy) is 2. The van der Waals surface area contributed by atoms with Crippen molar-refractivity contribution in [1.29, 1.82) is 0 Å². The van der Waals surface area contributed by atoms with Crippen molar-refractivity contribution in [3.8, 4) is 11.5 Å². The highest BCUT2D eigenvalue weighted by Gasteiger charge is 2.43. The van der Waals surface area contributed by atoms with Gasteiger partial charge < -0.3 is 14.8 Å². The van der Waals surface area contributed by atoms with E-state index >= 15 is 0 Å². The van der Waals surface area contributed by atoms with Gasteiger partial charge in [-0.15, -0.1) is 0 Å². The molecule has 0 fully saturated rings. The Labute approximate surface area is 105 Å². The number of hydrogen-bond donors (Lipinski definition) is 1. The van der Waals surface area contributed by atoms with Crippen LogP contribution < -0.4 is 14.8 Å². The van der Waals surface area contributed by atoms with E-state index < -0.39 is 5.41 Å². The third-order valence-electron chi connectivity index (χ3n) is 3.07. The van der Waals surface area contributed by atoms with E-state index in [2.05, 4.69) is 5.32 Å². The van der Waals surface area contributed by atoms with E-state index in [0.29, 0.717) is 22.2 Å². The van der Waals surface area contributed by atoms with Crippen molar-refractivity contribution < 1.29 is 14.3 Å². The summed E-state index contributed by atoms with van der Waals surface area (Å²) in [4.78, 5) is 11.9. The molecule has 0 spiro atoms. The molecule has 1 aliphatic heterocycles. The molecule has 0 unspecified atom stereocenters. The summed E-state index contributed by atoms with van der Waals surface area (Å²) in [6, 6.07) is 1.67. The van der Waals surface area contributed by atoms with Crippen molar-refractivity contribution in [3.05, 3.63) is 16.7 Å². The largest absolute Gasteiger partial charge is 0.495 e. The number of benzene rings is 1. The summed E-state index contributed by atoms with van der Waals surface area (Å²) < 4.78 is 10.4. The fraction of sp³-hybridized carbons (Fsp3) is 0.417. The van der Waals surface area contributed by atoms with Crippen molar-refractivity contribution in [2.24, 2.45) is 0 Å². The number of carbonyl (C=O) groups is 1. The molecule has 2 rings (SSSR count). The lowest BCUT2D eigenvalue weighted by Gasteiger charge is -2.18. The predicted octanol–water partition coefficient (Wildman–Crippen LogP) is 2.59. The number of anilines is 1. The van der Waals surface area contributed by atoms with E-state index in [-0.39, 0.29) is 5.91 Å². The first-order valence-corrected chi connectivity index (χ1v) is 5.57. The SMILES string of the molecule is COc1cc(OC)c2c(c1Cl)C(C)(C)C(=O)N2. The average Bonchev–Trinajstić information content (AvgIpc) is 2.51. The highest BCUT2D eigenvalue weighted by molar-refractivity contribution is 6.34. The zero-order valence-corrected chi connectivity index (χ0v) is 10.9. The summed E-state index contributed by atoms with van der Waals surface area (Å²) in [5.41, 5.74) is 0.669. The zero-order valence-electron chi connectivity index (χ0n) is 10.2. The first kappa shape index (κ1) is 12.0. The van der Waals surface area contributed by atoms with E-state index in [4.69, 9.17) is 21.1 Å². The summed E-state index contributed by atoms with van der Waals surface area (Å²) in [6.07, 6.45) is 0. The second-order valence-electron chi connectivity index (χ2n) is 4.42. The molecular formula is C12H14ClNO3. The molecule has 0 aliphatic carbocycles. The van der Waals surface area contributed by atoms with Gasteiger partial charge in [-0.25, -0.2) is 0 Å². The molecule has 1 aliphatic rings. The number of hydrogen-bond acceptors (Lipinski definition) is 3. The maximum absolute atomic E-state index is 11.9. The highest BCUT2D eigenvalue weighted by atomic mass is 35.5. The van der Waals surface area contributed by atoms with Gasteiger partial charge >= 0.3 is 0 Å². The van der Waals surface area contributed by atoms with Gasteiger partial charge in [0.15, 0.2) is 0 Å². The normalized spacial score (nSPS) is 16.4. The maximum atomic E-state index is 11.9. The van der Waals surface area contributed by atoms with Crippen molar-refractivity contribution in [2.45, 2.75) is 19.3 Å². The van der Waals surface area contributed by atoms with Gasteiger partial charge in [-0.05, 0) is 13.8 Å². The molecule has 0 bridgehead atoms. The van der Waals surface area contributed by atoms with Crippen LogP contribution in [0.2, 0.25) is 5.02 Å². The molecule has 1 N–H and O–H groups in total. The van der Waals surface area contributed by atoms with Gasteiger partial charge in [-0.1, -0.05) is 11.6 Å². The molecule has 4 nitrogen and oxygen atoms in total. The van der Waals surface area contributed by atoms with Crippen LogP contribution in [0.15, 0.2) is 6.07 Å². The van der Waals surface area contributed by atoms with Gasteiger partial charge in [-0.2, -0.15) is 0 Å². The quantitative estimate of drug-likeness (QED) is 0.884. The van der Waals surface area contributed by atoms with Crippen molar-refractivity contribution in [3.63, 3.8) is 0 Å². The molecule has 5 heteroatoms. The Kier molecular flexibility index (Phi) is 2.70. The minimum absolute atomic E-state index is 0.0963. The molecule has 1 aromatic carbocycles. The van der Waals surface area contributed by atoms with Crippen LogP contribution in [0, 0.1) is 0 Å². The second-order valence-corrected chi connectivity index (χ2v) is 4.80. The third-order valence-corrected chi connectivity index (χ3v) is 3.44. The number of fused-ring (bicyclic) bond motifs is 1. The number of rotatable bonds is 2. The first-order chi connectivity index (χ1) is 7.93. The lowest BCUT2D eigenvalue weighted by atomic mass is 9.86. The molecule has 0 aromatic heterocycles. The van der Waals surface area contributed by atoms with Crippen LogP contribution in [0.4, 0.5) is 5.69 Å². The summed E-state index contributed by atoms with van der Waals surface area (Å²) in [6.45, 7) is 3.64. The average molecular weight is 256 g/mol. The number of halogens is 1. The molecule has 92 valence electrons. The van der Waals surface area contributed by atoms with E-state index in [1.807, 2.05) is 13.8 Å². The van der Waals surface area contributed by atoms with Crippen LogP contribution in [0.1, 0.15) is 19.4 Å². The smallest absolute Gasteiger partial charge is 0.234 e. The number of methoxy groups -OCH3 is 2. The number of nitrogens with one attached hydrogen (secondary N) is 1. The lowest BCUT2D eigenvalue weighted by molar-refractivity contribution is -0.119. The summed E-state index contributed by atoms with van der Waals surface area (Å²) >= 11 is 6.26. The topological polar surface area (TPSA) is 47.6 Å². The van der Waals surface area contributed by atoms with Gasteiger partial charge in [0.25, 0.3) is 0 Å². The summed E-state index contributed by atoms with van der Waals surface area (Å²) in [5, 5.41) is 3.25. The van der Waals surface area contributed by atoms with Crippen LogP contribution in [0.25, 0.3) is 0 Å². The molecule has 1 heterocycles. The van der Waals surface area contributed by atoms with Gasteiger partial charge in [-0.3, -0.25) is 4.79 Å². The molecule has 1 amide bonds. The van der Waals surface area contributed by atoms with Gasteiger partial charge in [0.05, 0.1) is 30.3 Å². The Morgan fingerprint density at radius 3 is 2.35 bits per heavy atom. The Hall–Kier alpha value is -1.42. The maximum Gasteiger partial charge on any atom is 0.234 e. The van der Waals surface area contributed by atoms with Crippen molar-refractivity contribution in [2.75, 3.05) is 19.5 Å². The van der Waals surface area contributed by atoms with Gasteiger partial charge in [0.2, 0.25) is 5.91 Å². The van der Waals surface area contributed by atoms with E-state index in [1.165, 1.54) is 7.11 Å². The first-order valence-electron chi connectivity index (χ1n) is 5.20. The highest BCUT2D eigenvalue weighted by Crippen LogP contribution is 2.50. The monoisotopic (exact) mass is 255 g/mol. The molecule has 0 saturated heterocycles. The van der Waals surface area contributed by atoms with Crippen molar-refractivity contribution >= 4 is 23.2 Å². The van der Waals surface area contributed by atoms with Crippen LogP contribution in [0.3, 0.4) is 0 Å². The fourth-order valence-corrected chi connectivity index (χ4v) is 2.48. The Bertz CT molecular complexity index is 497. The molecule has 1 aromatic rings. The molecule has 0 saturated carbocycles. The van der Waals surface area contributed by atoms with Crippen LogP contribution in [-0.2, 0) is 10.2 Å². The predicted molar refractivity (Wildman–Crippen MR) is 66.2 cm³/mol. The Balaban J connectivity index is 2.77. The zero-order chi connectivity index (χ0) is 12.8. The van der Waals surface area contributed by atoms with E-state index in [1.54, 1.807) is 13.2 Å². The third kappa shape index (κ3) is 1.55. The van der Waals surface area contributed by atoms with Crippen molar-refractivity contribution in [1.82, 2.24) is 0 Å². The summed E-state index contributed by atoms with van der Waals surface area (Å²) in [5.74, 6) is 0.966. The number of carbonyl (C=O) groups excluding carboxylic acids is 1. The summed E-state index contributed by atoms with van der Waals surface area (Å²) in [7, 11) is 3.07. The standard InChI is InChI=1S/C12H14ClNO3/c1-12(2)8-9(13)6(16-3)5-7(17-4)10(8)14-11(12)15/h5H,1-4H3,(H,14,15). The van der Waals surface area contributed by atoms with Crippen LogP contribution >= 0.6 is 11.6 Å². The van der Waals surface area contributed by atoms with Gasteiger partial charge in [0.1, 0.15) is 11.5 Å². The Morgan fingerprint density at radius 1 is 1.24 bits per heavy atom. The molecular weight excluding hydrogens is 242 g/mol. The minimum Gasteiger partial charge on any atom is -0.495 e.